The molecule has 0 spiro atoms. The van der Waals surface area contributed by atoms with Crippen LogP contribution in [0.2, 0.25) is 0 Å². The van der Waals surface area contributed by atoms with Crippen LogP contribution in [-0.4, -0.2) is 43.4 Å². The van der Waals surface area contributed by atoms with Crippen molar-refractivity contribution in [3.8, 4) is 16.9 Å². The molecule has 0 unspecified atom stereocenters. The summed E-state index contributed by atoms with van der Waals surface area (Å²) >= 11 is 0. The molecule has 0 bridgehead atoms. The normalized spacial score (nSPS) is 30.1. The zero-order chi connectivity index (χ0) is 25.5. The van der Waals surface area contributed by atoms with Crippen molar-refractivity contribution >= 4 is 17.3 Å². The zero-order valence-electron chi connectivity index (χ0n) is 19.7. The number of allylic oxidation sites excluding steroid dienone is 2. The molecular weight excluding hydrogens is 448 g/mol. The van der Waals surface area contributed by atoms with Gasteiger partial charge in [0.25, 0.3) is 0 Å². The number of benzene rings is 2. The molecule has 180 valence electrons. The van der Waals surface area contributed by atoms with Crippen LogP contribution in [0.1, 0.15) is 49.5 Å². The Hall–Kier alpha value is -3.71. The largest absolute Gasteiger partial charge is 0.511 e. The van der Waals surface area contributed by atoms with Gasteiger partial charge in [0.1, 0.15) is 22.8 Å². The van der Waals surface area contributed by atoms with Gasteiger partial charge in [0.15, 0.2) is 17.2 Å². The van der Waals surface area contributed by atoms with Crippen LogP contribution in [-0.2, 0) is 16.0 Å². The number of fused-ring (bicyclic) bond motifs is 3. The first-order valence-corrected chi connectivity index (χ1v) is 11.4. The van der Waals surface area contributed by atoms with Crippen molar-refractivity contribution in [1.29, 1.82) is 0 Å². The predicted molar refractivity (Wildman–Crippen MR) is 127 cm³/mol. The molecule has 2 aromatic rings. The van der Waals surface area contributed by atoms with Crippen molar-refractivity contribution in [2.24, 2.45) is 10.8 Å². The highest BCUT2D eigenvalue weighted by Gasteiger charge is 2.67. The van der Waals surface area contributed by atoms with Crippen LogP contribution in [0.4, 0.5) is 0 Å². The van der Waals surface area contributed by atoms with Gasteiger partial charge in [-0.1, -0.05) is 50.2 Å². The molecule has 0 aromatic heterocycles. The van der Waals surface area contributed by atoms with Crippen LogP contribution in [0.25, 0.3) is 11.1 Å². The number of ketones is 3. The number of rotatable bonds is 2. The van der Waals surface area contributed by atoms with E-state index in [-0.39, 0.29) is 36.1 Å². The molecule has 0 radical (unpaired) electrons. The molecule has 7 nitrogen and oxygen atoms in total. The first-order chi connectivity index (χ1) is 16.4. The van der Waals surface area contributed by atoms with Crippen molar-refractivity contribution in [3.05, 3.63) is 76.3 Å². The average Bonchev–Trinajstić information content (AvgIpc) is 2.76. The average molecular weight is 475 g/mol. The minimum Gasteiger partial charge on any atom is -0.511 e. The summed E-state index contributed by atoms with van der Waals surface area (Å²) in [4.78, 5) is 39.3. The molecule has 3 aliphatic rings. The molecule has 3 atom stereocenters. The molecule has 7 heteroatoms. The van der Waals surface area contributed by atoms with Gasteiger partial charge in [-0.15, -0.1) is 0 Å². The van der Waals surface area contributed by atoms with Crippen molar-refractivity contribution in [1.82, 2.24) is 0 Å². The second kappa shape index (κ2) is 7.15. The first kappa shape index (κ1) is 23.1. The van der Waals surface area contributed by atoms with Gasteiger partial charge >= 0.3 is 0 Å². The Labute approximate surface area is 202 Å². The van der Waals surface area contributed by atoms with E-state index >= 15 is 0 Å². The van der Waals surface area contributed by atoms with Crippen molar-refractivity contribution < 1.29 is 34.8 Å². The highest BCUT2D eigenvalue weighted by molar-refractivity contribution is 6.25. The fraction of sp³-hybridized carbons (Fsp3) is 0.321. The number of carbonyl (C=O) groups is 3. The van der Waals surface area contributed by atoms with Crippen LogP contribution in [0.3, 0.4) is 0 Å². The minimum atomic E-state index is -2.56. The summed E-state index contributed by atoms with van der Waals surface area (Å²) in [6.07, 6.45) is 0.103. The molecule has 0 heterocycles. The Balaban J connectivity index is 1.78. The van der Waals surface area contributed by atoms with Crippen LogP contribution in [0.15, 0.2) is 65.1 Å². The maximum Gasteiger partial charge on any atom is 0.209 e. The summed E-state index contributed by atoms with van der Waals surface area (Å²) in [6, 6.07) is 12.6. The van der Waals surface area contributed by atoms with Gasteiger partial charge < -0.3 is 20.4 Å². The maximum atomic E-state index is 13.8. The van der Waals surface area contributed by atoms with E-state index in [1.165, 1.54) is 6.07 Å². The molecule has 5 rings (SSSR count). The van der Waals surface area contributed by atoms with Gasteiger partial charge in [-0.3, -0.25) is 14.4 Å². The van der Waals surface area contributed by atoms with E-state index in [0.29, 0.717) is 5.56 Å². The van der Waals surface area contributed by atoms with Crippen molar-refractivity contribution in [2.45, 2.75) is 45.6 Å². The van der Waals surface area contributed by atoms with Gasteiger partial charge in [-0.2, -0.15) is 0 Å². The summed E-state index contributed by atoms with van der Waals surface area (Å²) in [5.41, 5.74) is -3.42. The Kier molecular flexibility index (Phi) is 4.71. The van der Waals surface area contributed by atoms with Gasteiger partial charge in [0.05, 0.1) is 5.56 Å². The third-order valence-corrected chi connectivity index (χ3v) is 7.99. The van der Waals surface area contributed by atoms with Crippen molar-refractivity contribution in [3.63, 3.8) is 0 Å². The molecule has 0 aliphatic heterocycles. The van der Waals surface area contributed by atoms with Gasteiger partial charge in [0.2, 0.25) is 5.78 Å². The molecule has 0 saturated carbocycles. The monoisotopic (exact) mass is 474 g/mol. The van der Waals surface area contributed by atoms with E-state index in [4.69, 9.17) is 0 Å². The zero-order valence-corrected chi connectivity index (χ0v) is 19.7. The fourth-order valence-electron chi connectivity index (χ4n) is 6.54. The summed E-state index contributed by atoms with van der Waals surface area (Å²) in [6.45, 7) is 4.43. The highest BCUT2D eigenvalue weighted by Crippen LogP contribution is 2.62. The lowest BCUT2D eigenvalue weighted by Crippen LogP contribution is -2.63. The van der Waals surface area contributed by atoms with Crippen LogP contribution in [0.5, 0.6) is 5.75 Å². The van der Waals surface area contributed by atoms with Crippen LogP contribution < -0.4 is 0 Å². The third-order valence-electron chi connectivity index (χ3n) is 7.99. The minimum absolute atomic E-state index is 0.0195. The molecule has 35 heavy (non-hydrogen) atoms. The second-order valence-electron chi connectivity index (χ2n) is 10.5. The topological polar surface area (TPSA) is 132 Å². The lowest BCUT2D eigenvalue weighted by Gasteiger charge is -2.56. The smallest absolute Gasteiger partial charge is 0.209 e. The molecule has 0 fully saturated rings. The van der Waals surface area contributed by atoms with E-state index in [1.807, 2.05) is 30.3 Å². The number of hydrogen-bond donors (Lipinski definition) is 4. The lowest BCUT2D eigenvalue weighted by molar-refractivity contribution is -0.158. The van der Waals surface area contributed by atoms with E-state index in [0.717, 1.165) is 18.1 Å². The summed E-state index contributed by atoms with van der Waals surface area (Å²) in [5, 5.41) is 44.3. The Morgan fingerprint density at radius 3 is 2.23 bits per heavy atom. The first-order valence-electron chi connectivity index (χ1n) is 11.4. The van der Waals surface area contributed by atoms with E-state index in [2.05, 4.69) is 0 Å². The summed E-state index contributed by atoms with van der Waals surface area (Å²) in [7, 11) is 0. The number of aliphatic hydroxyl groups is 3. The number of phenols is 1. The highest BCUT2D eigenvalue weighted by atomic mass is 16.3. The quantitative estimate of drug-likeness (QED) is 0.481. The Morgan fingerprint density at radius 1 is 0.943 bits per heavy atom. The number of phenolic OH excluding ortho intramolecular Hbond substituents is 1. The number of carbonyl (C=O) groups excluding carboxylic acids is 3. The van der Waals surface area contributed by atoms with Crippen LogP contribution in [0, 0.1) is 10.8 Å². The predicted octanol–water partition coefficient (Wildman–Crippen LogP) is 4.13. The molecule has 4 N–H and O–H groups in total. The molecule has 0 saturated heterocycles. The van der Waals surface area contributed by atoms with Gasteiger partial charge in [0, 0.05) is 22.8 Å². The number of aromatic hydroxyl groups is 1. The summed E-state index contributed by atoms with van der Waals surface area (Å²) in [5.74, 6) is -4.04. The van der Waals surface area contributed by atoms with Crippen molar-refractivity contribution in [2.75, 3.05) is 0 Å². The van der Waals surface area contributed by atoms with Crippen LogP contribution >= 0.6 is 0 Å². The number of hydrogen-bond acceptors (Lipinski definition) is 7. The Bertz CT molecular complexity index is 1400. The molecular formula is C28H26O7. The molecule has 0 amide bonds. The standard InChI is InChI=1S/C28H26O7/c1-14(29)20-19(31)12-27(3)13-26(2)11-17-16(15-7-5-4-6-8-15)9-10-18(30)21(17)23(32)22(26)25(34)28(27,35)24(20)33/h4-10,30-31,34-35H,11-13H2,1-3H3/t26-,27+,28+/m1/s1. The lowest BCUT2D eigenvalue weighted by atomic mass is 9.48. The van der Waals surface area contributed by atoms with E-state index < -0.39 is 50.9 Å². The third kappa shape index (κ3) is 2.85. The number of aliphatic hydroxyl groups excluding tert-OH is 2. The maximum absolute atomic E-state index is 13.8. The second-order valence-corrected chi connectivity index (χ2v) is 10.5. The van der Waals surface area contributed by atoms with Gasteiger partial charge in [-0.05, 0) is 42.5 Å². The van der Waals surface area contributed by atoms with E-state index in [9.17, 15) is 34.8 Å². The fourth-order valence-corrected chi connectivity index (χ4v) is 6.54. The number of Topliss-reactive ketones (excluding diaryl/α,β-unsaturated/α-hetero) is 3. The SMILES string of the molecule is CC(=O)C1=C(O)C[C@@]2(C)C[C@@]3(C)Cc4c(-c5ccccc5)ccc(O)c4C(=O)C3=C(O)[C@@]2(O)C1=O. The van der Waals surface area contributed by atoms with E-state index in [1.54, 1.807) is 19.9 Å². The Morgan fingerprint density at radius 2 is 1.60 bits per heavy atom. The molecule has 2 aromatic carbocycles. The molecule has 3 aliphatic carbocycles. The summed E-state index contributed by atoms with van der Waals surface area (Å²) < 4.78 is 0. The van der Waals surface area contributed by atoms with Gasteiger partial charge in [-0.25, -0.2) is 0 Å².